The highest BCUT2D eigenvalue weighted by Crippen LogP contribution is 2.46. The van der Waals surface area contributed by atoms with Gasteiger partial charge in [-0.15, -0.1) is 0 Å². The number of nitrogens with zero attached hydrogens (tertiary/aromatic N) is 1. The Morgan fingerprint density at radius 1 is 0.968 bits per heavy atom. The first kappa shape index (κ1) is 19.3. The molecular weight excluding hydrogens is 386 g/mol. The van der Waals surface area contributed by atoms with Crippen molar-refractivity contribution < 1.29 is 14.7 Å². The van der Waals surface area contributed by atoms with E-state index in [9.17, 15) is 14.7 Å². The number of benzene rings is 3. The molecule has 1 saturated carbocycles. The number of aryl methyl sites for hydroxylation is 2. The Kier molecular flexibility index (Phi) is 4.51. The molecule has 4 heteroatoms. The molecule has 0 bridgehead atoms. The third kappa shape index (κ3) is 3.25. The summed E-state index contributed by atoms with van der Waals surface area (Å²) in [5, 5.41) is 9.21. The van der Waals surface area contributed by atoms with E-state index in [2.05, 4.69) is 31.2 Å². The van der Waals surface area contributed by atoms with Crippen molar-refractivity contribution in [3.8, 4) is 0 Å². The van der Waals surface area contributed by atoms with E-state index in [4.69, 9.17) is 0 Å². The summed E-state index contributed by atoms with van der Waals surface area (Å²) in [5.41, 5.74) is 8.01. The number of fused-ring (bicyclic) bond motifs is 1. The molecular formula is C27H23NO3. The Morgan fingerprint density at radius 3 is 2.32 bits per heavy atom. The fraction of sp³-hybridized carbons (Fsp3) is 0.185. The molecule has 1 heterocycles. The maximum Gasteiger partial charge on any atom is 0.335 e. The van der Waals surface area contributed by atoms with E-state index in [0.717, 1.165) is 22.4 Å². The zero-order valence-electron chi connectivity index (χ0n) is 17.6. The number of aromatic carboxylic acids is 1. The van der Waals surface area contributed by atoms with Gasteiger partial charge in [-0.25, -0.2) is 4.79 Å². The molecule has 5 rings (SSSR count). The molecule has 1 N–H and O–H groups in total. The van der Waals surface area contributed by atoms with Crippen molar-refractivity contribution in [3.63, 3.8) is 0 Å². The normalized spacial score (nSPS) is 16.6. The van der Waals surface area contributed by atoms with Crippen LogP contribution in [0.15, 0.2) is 60.7 Å². The highest BCUT2D eigenvalue weighted by Gasteiger charge is 2.35. The van der Waals surface area contributed by atoms with Crippen LogP contribution in [0.2, 0.25) is 0 Å². The quantitative estimate of drug-likeness (QED) is 0.530. The molecule has 0 radical (unpaired) electrons. The first-order valence-electron chi connectivity index (χ1n) is 10.5. The van der Waals surface area contributed by atoms with Gasteiger partial charge in [-0.1, -0.05) is 30.3 Å². The average molecular weight is 409 g/mol. The lowest BCUT2D eigenvalue weighted by molar-refractivity contribution is -0.112. The van der Waals surface area contributed by atoms with Crippen LogP contribution in [0.1, 0.15) is 56.9 Å². The number of hydrogen-bond donors (Lipinski definition) is 1. The lowest BCUT2D eigenvalue weighted by Crippen LogP contribution is -2.20. The summed E-state index contributed by atoms with van der Waals surface area (Å²) in [7, 11) is 0. The van der Waals surface area contributed by atoms with E-state index < -0.39 is 5.97 Å². The zero-order valence-corrected chi connectivity index (χ0v) is 17.6. The van der Waals surface area contributed by atoms with E-state index in [1.165, 1.54) is 36.1 Å². The first-order chi connectivity index (χ1) is 15.0. The summed E-state index contributed by atoms with van der Waals surface area (Å²) in [5.74, 6) is -0.486. The van der Waals surface area contributed by atoms with Gasteiger partial charge in [0, 0.05) is 11.3 Å². The number of carboxylic acid groups (broad SMARTS) is 1. The van der Waals surface area contributed by atoms with Crippen LogP contribution < -0.4 is 4.90 Å². The van der Waals surface area contributed by atoms with Gasteiger partial charge < -0.3 is 5.11 Å². The molecule has 31 heavy (non-hydrogen) atoms. The molecule has 2 aliphatic rings. The van der Waals surface area contributed by atoms with Crippen LogP contribution in [-0.4, -0.2) is 17.0 Å². The molecule has 0 aromatic heterocycles. The standard InChI is InChI=1S/C27H23NO3/c1-16-5-3-7-21(18-9-10-18)22(16)15-23-25-17(2)6-4-8-24(25)28(26(23)29)20-13-11-19(12-14-20)27(30)31/h3-8,11-15,18H,9-10H2,1-2H3,(H,30,31)/b23-15-. The largest absolute Gasteiger partial charge is 0.478 e. The summed E-state index contributed by atoms with van der Waals surface area (Å²) in [6.45, 7) is 4.12. The Morgan fingerprint density at radius 2 is 1.65 bits per heavy atom. The number of anilines is 2. The number of amides is 1. The molecule has 3 aromatic carbocycles. The van der Waals surface area contributed by atoms with E-state index in [1.807, 2.05) is 25.1 Å². The summed E-state index contributed by atoms with van der Waals surface area (Å²) >= 11 is 0. The number of hydrogen-bond acceptors (Lipinski definition) is 2. The molecule has 0 spiro atoms. The lowest BCUT2D eigenvalue weighted by Gasteiger charge is -2.17. The minimum absolute atomic E-state index is 0.0858. The third-order valence-corrected chi connectivity index (χ3v) is 6.23. The zero-order chi connectivity index (χ0) is 21.7. The summed E-state index contributed by atoms with van der Waals surface area (Å²) in [4.78, 5) is 26.6. The first-order valence-corrected chi connectivity index (χ1v) is 10.5. The smallest absolute Gasteiger partial charge is 0.335 e. The molecule has 4 nitrogen and oxygen atoms in total. The fourth-order valence-electron chi connectivity index (χ4n) is 4.46. The third-order valence-electron chi connectivity index (χ3n) is 6.23. The Balaban J connectivity index is 1.67. The second kappa shape index (κ2) is 7.24. The lowest BCUT2D eigenvalue weighted by atomic mass is 9.93. The second-order valence-corrected chi connectivity index (χ2v) is 8.37. The number of carbonyl (C=O) groups excluding carboxylic acids is 1. The van der Waals surface area contributed by atoms with Gasteiger partial charge in [-0.3, -0.25) is 9.69 Å². The Labute approximate surface area is 181 Å². The van der Waals surface area contributed by atoms with Gasteiger partial charge in [0.05, 0.1) is 16.8 Å². The highest BCUT2D eigenvalue weighted by atomic mass is 16.4. The molecule has 1 fully saturated rings. The van der Waals surface area contributed by atoms with Gasteiger partial charge >= 0.3 is 5.97 Å². The topological polar surface area (TPSA) is 57.6 Å². The predicted octanol–water partition coefficient (Wildman–Crippen LogP) is 6.10. The van der Waals surface area contributed by atoms with Crippen LogP contribution in [0.25, 0.3) is 11.6 Å². The van der Waals surface area contributed by atoms with Crippen molar-refractivity contribution in [2.45, 2.75) is 32.6 Å². The number of rotatable bonds is 4. The van der Waals surface area contributed by atoms with Crippen LogP contribution in [0, 0.1) is 13.8 Å². The van der Waals surface area contributed by atoms with Gasteiger partial charge in [-0.2, -0.15) is 0 Å². The molecule has 1 aliphatic heterocycles. The molecule has 1 amide bonds. The Bertz CT molecular complexity index is 1250. The molecule has 3 aromatic rings. The van der Waals surface area contributed by atoms with Crippen molar-refractivity contribution in [1.29, 1.82) is 0 Å². The van der Waals surface area contributed by atoms with Crippen molar-refractivity contribution in [1.82, 2.24) is 0 Å². The van der Waals surface area contributed by atoms with Crippen LogP contribution in [0.5, 0.6) is 0 Å². The van der Waals surface area contributed by atoms with Crippen molar-refractivity contribution >= 4 is 34.9 Å². The van der Waals surface area contributed by atoms with Crippen LogP contribution in [-0.2, 0) is 4.79 Å². The summed E-state index contributed by atoms with van der Waals surface area (Å²) in [6, 6.07) is 18.8. The fourth-order valence-corrected chi connectivity index (χ4v) is 4.46. The Hall–Kier alpha value is -3.66. The summed E-state index contributed by atoms with van der Waals surface area (Å²) in [6.07, 6.45) is 4.46. The van der Waals surface area contributed by atoms with Gasteiger partial charge in [0.2, 0.25) is 0 Å². The molecule has 154 valence electrons. The van der Waals surface area contributed by atoms with E-state index in [1.54, 1.807) is 17.0 Å². The minimum Gasteiger partial charge on any atom is -0.478 e. The van der Waals surface area contributed by atoms with Crippen molar-refractivity contribution in [2.75, 3.05) is 4.90 Å². The number of carbonyl (C=O) groups is 2. The minimum atomic E-state index is -0.983. The summed E-state index contributed by atoms with van der Waals surface area (Å²) < 4.78 is 0. The SMILES string of the molecule is Cc1cccc(C2CC2)c1/C=C1\C(=O)N(c2ccc(C(=O)O)cc2)c2cccc(C)c21. The average Bonchev–Trinajstić information content (AvgIpc) is 3.55. The monoisotopic (exact) mass is 409 g/mol. The predicted molar refractivity (Wildman–Crippen MR) is 123 cm³/mol. The van der Waals surface area contributed by atoms with Gasteiger partial charge in [-0.05, 0) is 91.3 Å². The number of carboxylic acids is 1. The van der Waals surface area contributed by atoms with Crippen molar-refractivity contribution in [3.05, 3.63) is 94.0 Å². The van der Waals surface area contributed by atoms with Crippen molar-refractivity contribution in [2.24, 2.45) is 0 Å². The maximum atomic E-state index is 13.7. The van der Waals surface area contributed by atoms with Crippen LogP contribution >= 0.6 is 0 Å². The van der Waals surface area contributed by atoms with E-state index in [0.29, 0.717) is 17.2 Å². The van der Waals surface area contributed by atoms with E-state index in [-0.39, 0.29) is 11.5 Å². The molecule has 0 atom stereocenters. The van der Waals surface area contributed by atoms with Crippen LogP contribution in [0.4, 0.5) is 11.4 Å². The van der Waals surface area contributed by atoms with Gasteiger partial charge in [0.15, 0.2) is 0 Å². The van der Waals surface area contributed by atoms with Gasteiger partial charge in [0.25, 0.3) is 5.91 Å². The maximum absolute atomic E-state index is 13.7. The second-order valence-electron chi connectivity index (χ2n) is 8.37. The molecule has 0 unspecified atom stereocenters. The van der Waals surface area contributed by atoms with E-state index >= 15 is 0 Å². The molecule has 0 saturated heterocycles. The van der Waals surface area contributed by atoms with Crippen LogP contribution in [0.3, 0.4) is 0 Å². The van der Waals surface area contributed by atoms with Gasteiger partial charge in [0.1, 0.15) is 0 Å². The highest BCUT2D eigenvalue weighted by molar-refractivity contribution is 6.38. The molecule has 1 aliphatic carbocycles.